The number of nitrogens with zero attached hydrogens (tertiary/aromatic N) is 5. The maximum absolute atomic E-state index is 5.44. The largest absolute Gasteiger partial charge is 0.378 e. The highest BCUT2D eigenvalue weighted by atomic mass is 32.1. The van der Waals surface area contributed by atoms with Gasteiger partial charge in [0.1, 0.15) is 11.6 Å². The van der Waals surface area contributed by atoms with E-state index in [1.165, 1.54) is 0 Å². The fourth-order valence-electron chi connectivity index (χ4n) is 3.69. The summed E-state index contributed by atoms with van der Waals surface area (Å²) >= 11 is 1.56. The molecule has 0 radical (unpaired) electrons. The van der Waals surface area contributed by atoms with Gasteiger partial charge in [-0.3, -0.25) is 4.98 Å². The third-order valence-electron chi connectivity index (χ3n) is 5.21. The Bertz CT molecular complexity index is 1180. The number of ether oxygens (including phenoxy) is 1. The molecule has 0 saturated carbocycles. The summed E-state index contributed by atoms with van der Waals surface area (Å²) in [4.78, 5) is 16.7. The summed E-state index contributed by atoms with van der Waals surface area (Å²) in [5.41, 5.74) is 4.96. The zero-order valence-electron chi connectivity index (χ0n) is 17.3. The zero-order chi connectivity index (χ0) is 21.2. The smallest absolute Gasteiger partial charge is 0.188 e. The predicted octanol–water partition coefficient (Wildman–Crippen LogP) is 4.45. The van der Waals surface area contributed by atoms with Crippen molar-refractivity contribution in [2.75, 3.05) is 36.5 Å². The first-order valence-corrected chi connectivity index (χ1v) is 10.9. The van der Waals surface area contributed by atoms with Crippen LogP contribution in [0.1, 0.15) is 11.5 Å². The fraction of sp³-hybridized carbons (Fsp3) is 0.273. The van der Waals surface area contributed by atoms with Crippen LogP contribution in [-0.4, -0.2) is 46.4 Å². The minimum absolute atomic E-state index is 0.752. The van der Waals surface area contributed by atoms with Crippen molar-refractivity contribution in [2.24, 2.45) is 0 Å². The van der Waals surface area contributed by atoms with Crippen LogP contribution in [0.3, 0.4) is 0 Å². The Kier molecular flexibility index (Phi) is 5.35. The molecule has 5 heterocycles. The number of hydrogen-bond donors (Lipinski definition) is 1. The summed E-state index contributed by atoms with van der Waals surface area (Å²) in [6, 6.07) is 6.16. The minimum Gasteiger partial charge on any atom is -0.378 e. The zero-order valence-corrected chi connectivity index (χ0v) is 18.1. The van der Waals surface area contributed by atoms with E-state index in [9.17, 15) is 0 Å². The van der Waals surface area contributed by atoms with E-state index in [4.69, 9.17) is 9.26 Å². The van der Waals surface area contributed by atoms with Crippen LogP contribution in [0.2, 0.25) is 0 Å². The molecule has 1 fully saturated rings. The van der Waals surface area contributed by atoms with Crippen molar-refractivity contribution < 1.29 is 9.26 Å². The summed E-state index contributed by atoms with van der Waals surface area (Å²) in [6.45, 7) is 7.13. The van der Waals surface area contributed by atoms with Gasteiger partial charge in [-0.05, 0) is 26.0 Å². The van der Waals surface area contributed by atoms with Crippen molar-refractivity contribution in [1.29, 1.82) is 0 Å². The first kappa shape index (κ1) is 19.7. The van der Waals surface area contributed by atoms with Gasteiger partial charge in [0.25, 0.3) is 0 Å². The van der Waals surface area contributed by atoms with Gasteiger partial charge in [-0.1, -0.05) is 16.5 Å². The quantitative estimate of drug-likeness (QED) is 0.493. The van der Waals surface area contributed by atoms with Crippen molar-refractivity contribution in [3.05, 3.63) is 54.4 Å². The molecule has 1 saturated heterocycles. The van der Waals surface area contributed by atoms with Gasteiger partial charge >= 0.3 is 0 Å². The van der Waals surface area contributed by atoms with Crippen molar-refractivity contribution in [3.8, 4) is 21.6 Å². The van der Waals surface area contributed by atoms with Gasteiger partial charge in [0, 0.05) is 66.3 Å². The summed E-state index contributed by atoms with van der Waals surface area (Å²) in [6.07, 6.45) is 7.35. The van der Waals surface area contributed by atoms with Gasteiger partial charge < -0.3 is 19.5 Å². The highest BCUT2D eigenvalue weighted by Gasteiger charge is 2.15. The fourth-order valence-corrected chi connectivity index (χ4v) is 4.49. The molecule has 0 atom stereocenters. The van der Waals surface area contributed by atoms with Gasteiger partial charge in [0.05, 0.1) is 23.8 Å². The monoisotopic (exact) mass is 434 g/mol. The number of hydrogen-bond acceptors (Lipinski definition) is 9. The number of aromatic nitrogens is 4. The first-order chi connectivity index (χ1) is 15.2. The molecule has 8 nitrogen and oxygen atoms in total. The van der Waals surface area contributed by atoms with Crippen LogP contribution in [0, 0.1) is 13.8 Å². The van der Waals surface area contributed by atoms with E-state index in [2.05, 4.69) is 36.4 Å². The predicted molar refractivity (Wildman–Crippen MR) is 121 cm³/mol. The molecule has 1 N–H and O–H groups in total. The van der Waals surface area contributed by atoms with E-state index in [1.807, 2.05) is 50.8 Å². The Balaban J connectivity index is 1.36. The summed E-state index contributed by atoms with van der Waals surface area (Å²) in [5.74, 6) is 1.56. The average molecular weight is 435 g/mol. The normalized spacial score (nSPS) is 14.1. The molecule has 1 aliphatic rings. The van der Waals surface area contributed by atoms with Crippen LogP contribution in [0.15, 0.2) is 47.5 Å². The summed E-state index contributed by atoms with van der Waals surface area (Å²) < 4.78 is 10.7. The number of pyridine rings is 2. The lowest BCUT2D eigenvalue weighted by atomic mass is 10.0. The third-order valence-corrected chi connectivity index (χ3v) is 6.17. The topological polar surface area (TPSA) is 89.2 Å². The molecular weight excluding hydrogens is 412 g/mol. The molecule has 0 aromatic carbocycles. The number of rotatable bonds is 5. The Labute approximate surface area is 183 Å². The van der Waals surface area contributed by atoms with E-state index in [0.29, 0.717) is 0 Å². The van der Waals surface area contributed by atoms with E-state index in [1.54, 1.807) is 11.3 Å². The van der Waals surface area contributed by atoms with E-state index >= 15 is 0 Å². The Morgan fingerprint density at radius 3 is 2.68 bits per heavy atom. The molecule has 0 bridgehead atoms. The highest BCUT2D eigenvalue weighted by molar-refractivity contribution is 7.18. The van der Waals surface area contributed by atoms with Gasteiger partial charge in [-0.15, -0.1) is 0 Å². The van der Waals surface area contributed by atoms with Crippen LogP contribution in [-0.2, 0) is 4.74 Å². The maximum Gasteiger partial charge on any atom is 0.188 e. The second kappa shape index (κ2) is 8.44. The van der Waals surface area contributed by atoms with Crippen molar-refractivity contribution in [1.82, 2.24) is 20.1 Å². The number of aryl methyl sites for hydroxylation is 2. The van der Waals surface area contributed by atoms with Gasteiger partial charge in [0.2, 0.25) is 0 Å². The molecule has 0 spiro atoms. The first-order valence-electron chi connectivity index (χ1n) is 10.1. The molecule has 4 aromatic heterocycles. The molecule has 1 aliphatic heterocycles. The Hall–Kier alpha value is -3.30. The molecule has 5 rings (SSSR count). The molecule has 0 unspecified atom stereocenters. The van der Waals surface area contributed by atoms with Crippen molar-refractivity contribution in [2.45, 2.75) is 13.8 Å². The minimum atomic E-state index is 0.752. The van der Waals surface area contributed by atoms with Gasteiger partial charge in [0.15, 0.2) is 5.13 Å². The number of anilines is 3. The molecule has 0 amide bonds. The summed E-state index contributed by atoms with van der Waals surface area (Å²) in [7, 11) is 0. The number of nitrogens with one attached hydrogen (secondary N) is 1. The average Bonchev–Trinajstić information content (AvgIpc) is 3.41. The van der Waals surface area contributed by atoms with E-state index in [0.717, 1.165) is 76.0 Å². The molecule has 31 heavy (non-hydrogen) atoms. The van der Waals surface area contributed by atoms with Crippen molar-refractivity contribution in [3.63, 3.8) is 0 Å². The van der Waals surface area contributed by atoms with E-state index in [-0.39, 0.29) is 0 Å². The number of morpholine rings is 1. The van der Waals surface area contributed by atoms with Crippen molar-refractivity contribution >= 4 is 28.0 Å². The van der Waals surface area contributed by atoms with Crippen LogP contribution in [0.5, 0.6) is 0 Å². The lowest BCUT2D eigenvalue weighted by Crippen LogP contribution is -2.36. The van der Waals surface area contributed by atoms with E-state index < -0.39 is 0 Å². The number of thiazole rings is 1. The van der Waals surface area contributed by atoms with Crippen LogP contribution >= 0.6 is 11.3 Å². The Morgan fingerprint density at radius 1 is 1.03 bits per heavy atom. The molecule has 0 aliphatic carbocycles. The van der Waals surface area contributed by atoms with Crippen LogP contribution < -0.4 is 10.2 Å². The molecule has 4 aromatic rings. The van der Waals surface area contributed by atoms with Crippen LogP contribution in [0.25, 0.3) is 21.6 Å². The molecule has 9 heteroatoms. The summed E-state index contributed by atoms with van der Waals surface area (Å²) in [5, 5.41) is 8.16. The van der Waals surface area contributed by atoms with Crippen LogP contribution in [0.4, 0.5) is 16.6 Å². The SMILES string of the molecule is Cc1noc(C)c1-c1cncc(-c2cnc(Nc3cc(N4CCOCC4)ccn3)s2)c1. The van der Waals surface area contributed by atoms with Gasteiger partial charge in [-0.25, -0.2) is 9.97 Å². The maximum atomic E-state index is 5.44. The van der Waals surface area contributed by atoms with Gasteiger partial charge in [-0.2, -0.15) is 0 Å². The third kappa shape index (κ3) is 4.14. The molecule has 158 valence electrons. The lowest BCUT2D eigenvalue weighted by molar-refractivity contribution is 0.122. The second-order valence-electron chi connectivity index (χ2n) is 7.31. The second-order valence-corrected chi connectivity index (χ2v) is 8.35. The Morgan fingerprint density at radius 2 is 1.87 bits per heavy atom. The lowest BCUT2D eigenvalue weighted by Gasteiger charge is -2.28. The standard InChI is InChI=1S/C22H22N6O2S/c1-14-21(15(2)30-27-14)17-9-16(11-23-12-17)19-13-25-22(31-19)26-20-10-18(3-4-24-20)28-5-7-29-8-6-28/h3-4,9-13H,5-8H2,1-2H3,(H,24,25,26). The highest BCUT2D eigenvalue weighted by Crippen LogP contribution is 2.34. The molecular formula is C22H22N6O2S.